The van der Waals surface area contributed by atoms with Crippen LogP contribution in [0.2, 0.25) is 0 Å². The minimum atomic E-state index is -2.78. The summed E-state index contributed by atoms with van der Waals surface area (Å²) in [6.07, 6.45) is 2.20. The molecule has 3 aliphatic rings. The van der Waals surface area contributed by atoms with Crippen molar-refractivity contribution in [2.24, 2.45) is 11.8 Å². The number of halogens is 5. The summed E-state index contributed by atoms with van der Waals surface area (Å²) in [5.41, 5.74) is -0.444. The zero-order chi connectivity index (χ0) is 29.9. The zero-order valence-electron chi connectivity index (χ0n) is 22.8. The summed E-state index contributed by atoms with van der Waals surface area (Å²) in [5, 5.41) is 17.1. The number of carbonyl (C=O) groups excluding carboxylic acids is 2. The molecule has 3 saturated carbocycles. The fraction of sp³-hybridized carbons (Fsp3) is 0.630. The summed E-state index contributed by atoms with van der Waals surface area (Å²) < 4.78 is 75.8. The molecule has 0 spiro atoms. The summed E-state index contributed by atoms with van der Waals surface area (Å²) in [6.45, 7) is 1.55. The Morgan fingerprint density at radius 2 is 1.76 bits per heavy atom. The van der Waals surface area contributed by atoms with Crippen LogP contribution in [0, 0.1) is 18.8 Å². The molecule has 0 unspecified atom stereocenters. The topological polar surface area (TPSA) is 127 Å². The molecule has 0 radical (unpaired) electrons. The van der Waals surface area contributed by atoms with Gasteiger partial charge in [0.2, 0.25) is 17.8 Å². The largest absolute Gasteiger partial charge is 0.346 e. The van der Waals surface area contributed by atoms with Gasteiger partial charge in [0, 0.05) is 37.7 Å². The Morgan fingerprint density at radius 3 is 2.38 bits per heavy atom. The van der Waals surface area contributed by atoms with Gasteiger partial charge in [-0.05, 0) is 55.7 Å². The van der Waals surface area contributed by atoms with Gasteiger partial charge >= 0.3 is 0 Å². The van der Waals surface area contributed by atoms with Crippen molar-refractivity contribution in [3.05, 3.63) is 41.1 Å². The lowest BCUT2D eigenvalue weighted by Crippen LogP contribution is -2.41. The smallest absolute Gasteiger partial charge is 0.276 e. The van der Waals surface area contributed by atoms with Crippen LogP contribution in [-0.2, 0) is 4.79 Å². The van der Waals surface area contributed by atoms with Crippen molar-refractivity contribution in [1.29, 1.82) is 0 Å². The van der Waals surface area contributed by atoms with E-state index in [4.69, 9.17) is 0 Å². The number of alkyl halides is 5. The first-order valence-electron chi connectivity index (χ1n) is 14.0. The second-order valence-corrected chi connectivity index (χ2v) is 12.0. The van der Waals surface area contributed by atoms with Crippen LogP contribution in [0.1, 0.15) is 97.3 Å². The maximum atomic E-state index is 15.4. The number of rotatable bonds is 9. The molecule has 2 atom stereocenters. The third-order valence-corrected chi connectivity index (χ3v) is 8.60. The Balaban J connectivity index is 1.25. The van der Waals surface area contributed by atoms with Crippen LogP contribution in [0.5, 0.6) is 0 Å². The predicted octanol–water partition coefficient (Wildman–Crippen LogP) is 4.81. The molecular formula is C27H30F5N7O3. The van der Waals surface area contributed by atoms with Crippen LogP contribution in [-0.4, -0.2) is 54.2 Å². The molecule has 3 aromatic rings. The van der Waals surface area contributed by atoms with Crippen molar-refractivity contribution in [3.8, 4) is 0 Å². The second-order valence-electron chi connectivity index (χ2n) is 12.0. The number of nitrogens with one attached hydrogen (secondary N) is 2. The molecule has 10 nitrogen and oxygen atoms in total. The summed E-state index contributed by atoms with van der Waals surface area (Å²) in [5.74, 6) is -7.45. The molecule has 0 bridgehead atoms. The Hall–Kier alpha value is -3.65. The molecule has 3 aromatic heterocycles. The zero-order valence-corrected chi connectivity index (χ0v) is 22.8. The summed E-state index contributed by atoms with van der Waals surface area (Å²) in [7, 11) is 0. The van der Waals surface area contributed by atoms with Crippen molar-refractivity contribution < 1.29 is 36.2 Å². The van der Waals surface area contributed by atoms with Crippen LogP contribution in [0.3, 0.4) is 0 Å². The van der Waals surface area contributed by atoms with Crippen molar-refractivity contribution in [2.75, 3.05) is 0 Å². The van der Waals surface area contributed by atoms with E-state index in [1.165, 1.54) is 10.7 Å². The van der Waals surface area contributed by atoms with Crippen LogP contribution in [0.4, 0.5) is 22.0 Å². The maximum absolute atomic E-state index is 15.4. The SMILES string of the molecule is Cc1nonc1C(=O)N[C@H](c1cn2ncc([C@H](NC(=O)CC3CC(F)(F)C3)C3(F)CC3)cc2n1)C1CCC(F)(F)CC1. The summed E-state index contributed by atoms with van der Waals surface area (Å²) in [6, 6.07) is -0.234. The Labute approximate surface area is 236 Å². The van der Waals surface area contributed by atoms with E-state index in [0.717, 1.165) is 0 Å². The number of amides is 2. The van der Waals surface area contributed by atoms with Gasteiger partial charge in [0.1, 0.15) is 11.4 Å². The molecular weight excluding hydrogens is 565 g/mol. The Morgan fingerprint density at radius 1 is 1.05 bits per heavy atom. The maximum Gasteiger partial charge on any atom is 0.276 e. The van der Waals surface area contributed by atoms with E-state index < -0.39 is 47.3 Å². The predicted molar refractivity (Wildman–Crippen MR) is 135 cm³/mol. The van der Waals surface area contributed by atoms with Crippen molar-refractivity contribution >= 4 is 17.5 Å². The van der Waals surface area contributed by atoms with Crippen molar-refractivity contribution in [1.82, 2.24) is 35.5 Å². The van der Waals surface area contributed by atoms with E-state index in [-0.39, 0.29) is 75.1 Å². The molecule has 3 heterocycles. The van der Waals surface area contributed by atoms with Gasteiger partial charge < -0.3 is 10.6 Å². The van der Waals surface area contributed by atoms with E-state index >= 15 is 4.39 Å². The van der Waals surface area contributed by atoms with Crippen LogP contribution in [0.25, 0.3) is 5.65 Å². The van der Waals surface area contributed by atoms with E-state index in [1.807, 2.05) is 0 Å². The first kappa shape index (κ1) is 28.5. The van der Waals surface area contributed by atoms with Crippen molar-refractivity contribution in [3.63, 3.8) is 0 Å². The minimum Gasteiger partial charge on any atom is -0.346 e. The van der Waals surface area contributed by atoms with Gasteiger partial charge in [-0.3, -0.25) is 9.59 Å². The van der Waals surface area contributed by atoms with Crippen LogP contribution < -0.4 is 10.6 Å². The van der Waals surface area contributed by atoms with E-state index in [0.29, 0.717) is 16.9 Å². The number of carbonyl (C=O) groups is 2. The molecule has 0 saturated heterocycles. The molecule has 3 fully saturated rings. The highest BCUT2D eigenvalue weighted by atomic mass is 19.3. The standard InChI is InChI=1S/C27H30F5N7O3/c1-14-21(38-42-37-14)24(41)36-22(16-2-4-26(29,30)5-3-16)18-13-39-19(34-18)9-17(12-33-39)23(25(28)6-7-25)35-20(40)8-15-10-27(31,32)11-15/h9,12-13,15-16,22-23H,2-8,10-11H2,1H3,(H,35,40)(H,36,41)/t22-,23-/m0/s1. The van der Waals surface area contributed by atoms with Crippen molar-refractivity contribution in [2.45, 2.75) is 94.3 Å². The van der Waals surface area contributed by atoms with Gasteiger partial charge in [0.15, 0.2) is 11.3 Å². The summed E-state index contributed by atoms with van der Waals surface area (Å²) in [4.78, 5) is 30.3. The molecule has 2 N–H and O–H groups in total. The highest BCUT2D eigenvalue weighted by molar-refractivity contribution is 5.93. The van der Waals surface area contributed by atoms with E-state index in [2.05, 4.69) is 35.7 Å². The Bertz CT molecular complexity index is 1490. The average molecular weight is 596 g/mol. The fourth-order valence-corrected chi connectivity index (χ4v) is 6.02. The third kappa shape index (κ3) is 5.82. The number of nitrogens with zero attached hydrogens (tertiary/aromatic N) is 5. The fourth-order valence-electron chi connectivity index (χ4n) is 6.02. The third-order valence-electron chi connectivity index (χ3n) is 8.60. The minimum absolute atomic E-state index is 0.0350. The monoisotopic (exact) mass is 595 g/mol. The van der Waals surface area contributed by atoms with Gasteiger partial charge in [-0.25, -0.2) is 36.1 Å². The Kier molecular flexibility index (Phi) is 6.96. The number of fused-ring (bicyclic) bond motifs is 1. The van der Waals surface area contributed by atoms with Gasteiger partial charge in [-0.1, -0.05) is 5.16 Å². The van der Waals surface area contributed by atoms with Gasteiger partial charge in [0.25, 0.3) is 5.91 Å². The van der Waals surface area contributed by atoms with Crippen LogP contribution >= 0.6 is 0 Å². The number of hydrogen-bond acceptors (Lipinski definition) is 7. The molecule has 0 aromatic carbocycles. The molecule has 6 rings (SSSR count). The van der Waals surface area contributed by atoms with Gasteiger partial charge in [-0.2, -0.15) is 5.10 Å². The number of imidazole rings is 1. The normalized spacial score (nSPS) is 22.7. The van der Waals surface area contributed by atoms with Gasteiger partial charge in [-0.15, -0.1) is 0 Å². The first-order valence-corrected chi connectivity index (χ1v) is 14.0. The van der Waals surface area contributed by atoms with E-state index in [9.17, 15) is 27.2 Å². The molecule has 226 valence electrons. The summed E-state index contributed by atoms with van der Waals surface area (Å²) >= 11 is 0. The molecule has 0 aliphatic heterocycles. The van der Waals surface area contributed by atoms with Crippen LogP contribution in [0.15, 0.2) is 23.1 Å². The lowest BCUT2D eigenvalue weighted by atomic mass is 9.79. The molecule has 15 heteroatoms. The lowest BCUT2D eigenvalue weighted by molar-refractivity contribution is -0.134. The van der Waals surface area contributed by atoms with E-state index in [1.54, 1.807) is 19.2 Å². The highest BCUT2D eigenvalue weighted by Crippen LogP contribution is 2.50. The molecule has 2 amide bonds. The number of aryl methyl sites for hydroxylation is 1. The molecule has 42 heavy (non-hydrogen) atoms. The quantitative estimate of drug-likeness (QED) is 0.340. The average Bonchev–Trinajstić information content (AvgIpc) is 3.29. The highest BCUT2D eigenvalue weighted by Gasteiger charge is 2.52. The second kappa shape index (κ2) is 10.3. The number of aromatic nitrogens is 5. The first-order chi connectivity index (χ1) is 19.8. The lowest BCUT2D eigenvalue weighted by Gasteiger charge is -2.35. The number of hydrogen-bond donors (Lipinski definition) is 2. The van der Waals surface area contributed by atoms with Gasteiger partial charge in [0.05, 0.1) is 30.2 Å². The molecule has 3 aliphatic carbocycles.